The summed E-state index contributed by atoms with van der Waals surface area (Å²) in [6.07, 6.45) is 4.14. The third-order valence-electron chi connectivity index (χ3n) is 5.14. The van der Waals surface area contributed by atoms with Crippen LogP contribution in [-0.2, 0) is 0 Å². The van der Waals surface area contributed by atoms with Crippen LogP contribution >= 0.6 is 0 Å². The maximum Gasteiger partial charge on any atom is 0.298 e. The third kappa shape index (κ3) is 2.81. The van der Waals surface area contributed by atoms with E-state index in [4.69, 9.17) is 4.42 Å². The second-order valence-corrected chi connectivity index (χ2v) is 6.99. The van der Waals surface area contributed by atoms with Crippen LogP contribution in [0.15, 0.2) is 47.0 Å². The van der Waals surface area contributed by atoms with E-state index in [1.165, 1.54) is 12.8 Å². The molecule has 6 nitrogen and oxygen atoms in total. The summed E-state index contributed by atoms with van der Waals surface area (Å²) in [4.78, 5) is 25.8. The van der Waals surface area contributed by atoms with Gasteiger partial charge in [0.05, 0.1) is 0 Å². The molecule has 0 spiro atoms. The molecule has 26 heavy (non-hydrogen) atoms. The van der Waals surface area contributed by atoms with Crippen LogP contribution in [0.5, 0.6) is 0 Å². The van der Waals surface area contributed by atoms with Crippen LogP contribution in [0.3, 0.4) is 0 Å². The van der Waals surface area contributed by atoms with Crippen molar-refractivity contribution < 1.29 is 9.21 Å². The number of benzene rings is 1. The summed E-state index contributed by atoms with van der Waals surface area (Å²) in [5.41, 5.74) is 3.47. The zero-order valence-electron chi connectivity index (χ0n) is 14.5. The molecule has 132 valence electrons. The lowest BCUT2D eigenvalue weighted by Gasteiger charge is -2.33. The monoisotopic (exact) mass is 348 g/mol. The number of piperazine rings is 1. The number of fused-ring (bicyclic) bond motifs is 1. The number of aromatic nitrogens is 2. The van der Waals surface area contributed by atoms with Gasteiger partial charge in [0.15, 0.2) is 5.58 Å². The zero-order chi connectivity index (χ0) is 17.5. The van der Waals surface area contributed by atoms with Crippen molar-refractivity contribution in [2.45, 2.75) is 18.8 Å². The Morgan fingerprint density at radius 3 is 2.65 bits per heavy atom. The number of anilines is 1. The second-order valence-electron chi connectivity index (χ2n) is 6.99. The number of carbonyl (C=O) groups excluding carboxylic acids is 1. The highest BCUT2D eigenvalue weighted by molar-refractivity contribution is 5.94. The first-order chi connectivity index (χ1) is 12.8. The van der Waals surface area contributed by atoms with Crippen LogP contribution in [-0.4, -0.2) is 47.0 Å². The number of rotatable bonds is 3. The fraction of sp³-hybridized carbons (Fsp3) is 0.350. The molecule has 2 aliphatic rings. The fourth-order valence-electron chi connectivity index (χ4n) is 3.46. The van der Waals surface area contributed by atoms with Gasteiger partial charge in [0.1, 0.15) is 5.52 Å². The first kappa shape index (κ1) is 15.4. The number of oxazole rings is 1. The van der Waals surface area contributed by atoms with Crippen molar-refractivity contribution >= 4 is 23.0 Å². The van der Waals surface area contributed by atoms with E-state index in [0.717, 1.165) is 35.4 Å². The Hall–Kier alpha value is -2.89. The highest BCUT2D eigenvalue weighted by atomic mass is 16.4. The largest absolute Gasteiger partial charge is 0.423 e. The summed E-state index contributed by atoms with van der Waals surface area (Å²) < 4.78 is 5.84. The predicted octanol–water partition coefficient (Wildman–Crippen LogP) is 3.06. The molecule has 2 aromatic heterocycles. The molecule has 1 aromatic carbocycles. The molecule has 3 heterocycles. The van der Waals surface area contributed by atoms with E-state index in [1.807, 2.05) is 41.3 Å². The summed E-state index contributed by atoms with van der Waals surface area (Å²) >= 11 is 0. The Labute approximate surface area is 151 Å². The molecule has 1 aliphatic carbocycles. The van der Waals surface area contributed by atoms with Crippen molar-refractivity contribution in [1.82, 2.24) is 14.9 Å². The van der Waals surface area contributed by atoms with Gasteiger partial charge in [0.25, 0.3) is 11.9 Å². The first-order valence-electron chi connectivity index (χ1n) is 9.14. The van der Waals surface area contributed by atoms with Gasteiger partial charge in [-0.1, -0.05) is 12.1 Å². The SMILES string of the molecule is O=C(c1ccnc(C2CC2)c1)N1CCN(c2nc3ccccc3o2)CC1. The van der Waals surface area contributed by atoms with E-state index in [0.29, 0.717) is 25.0 Å². The molecule has 0 bridgehead atoms. The summed E-state index contributed by atoms with van der Waals surface area (Å²) in [5.74, 6) is 0.644. The second kappa shape index (κ2) is 6.12. The van der Waals surface area contributed by atoms with Crippen molar-refractivity contribution in [3.63, 3.8) is 0 Å². The van der Waals surface area contributed by atoms with E-state index in [1.54, 1.807) is 6.20 Å². The van der Waals surface area contributed by atoms with Crippen LogP contribution < -0.4 is 4.90 Å². The maximum atomic E-state index is 12.8. The lowest BCUT2D eigenvalue weighted by molar-refractivity contribution is 0.0745. The van der Waals surface area contributed by atoms with Gasteiger partial charge >= 0.3 is 0 Å². The average molecular weight is 348 g/mol. The Bertz CT molecular complexity index is 922. The summed E-state index contributed by atoms with van der Waals surface area (Å²) in [6, 6.07) is 12.2. The summed E-state index contributed by atoms with van der Waals surface area (Å²) in [5, 5.41) is 0. The van der Waals surface area contributed by atoms with E-state index in [2.05, 4.69) is 14.9 Å². The molecule has 0 atom stereocenters. The average Bonchev–Trinajstić information content (AvgIpc) is 3.46. The molecular formula is C20H20N4O2. The maximum absolute atomic E-state index is 12.8. The van der Waals surface area contributed by atoms with Crippen LogP contribution in [0.4, 0.5) is 6.01 Å². The number of hydrogen-bond donors (Lipinski definition) is 0. The Morgan fingerprint density at radius 2 is 1.88 bits per heavy atom. The van der Waals surface area contributed by atoms with Crippen LogP contribution in [0.2, 0.25) is 0 Å². The van der Waals surface area contributed by atoms with E-state index >= 15 is 0 Å². The van der Waals surface area contributed by atoms with Gasteiger partial charge in [-0.3, -0.25) is 9.78 Å². The van der Waals surface area contributed by atoms with Crippen molar-refractivity contribution in [2.24, 2.45) is 0 Å². The van der Waals surface area contributed by atoms with Crippen molar-refractivity contribution in [3.05, 3.63) is 53.9 Å². The quantitative estimate of drug-likeness (QED) is 0.728. The predicted molar refractivity (Wildman–Crippen MR) is 98.3 cm³/mol. The minimum atomic E-state index is 0.0894. The number of amides is 1. The van der Waals surface area contributed by atoms with Gasteiger partial charge in [-0.15, -0.1) is 0 Å². The molecule has 2 fully saturated rings. The fourth-order valence-corrected chi connectivity index (χ4v) is 3.46. The number of hydrogen-bond acceptors (Lipinski definition) is 5. The molecule has 1 aliphatic heterocycles. The van der Waals surface area contributed by atoms with Gasteiger partial charge in [-0.25, -0.2) is 0 Å². The molecule has 1 amide bonds. The van der Waals surface area contributed by atoms with Gasteiger partial charge in [0, 0.05) is 49.6 Å². The Balaban J connectivity index is 1.27. The first-order valence-corrected chi connectivity index (χ1v) is 9.14. The zero-order valence-corrected chi connectivity index (χ0v) is 14.5. The van der Waals surface area contributed by atoms with Crippen molar-refractivity contribution in [3.8, 4) is 0 Å². The van der Waals surface area contributed by atoms with Crippen LogP contribution in [0, 0.1) is 0 Å². The highest BCUT2D eigenvalue weighted by Crippen LogP contribution is 2.39. The van der Waals surface area contributed by atoms with Crippen LogP contribution in [0.25, 0.3) is 11.1 Å². The number of pyridine rings is 1. The molecular weight excluding hydrogens is 328 g/mol. The van der Waals surface area contributed by atoms with Crippen molar-refractivity contribution in [1.29, 1.82) is 0 Å². The van der Waals surface area contributed by atoms with E-state index in [9.17, 15) is 4.79 Å². The Morgan fingerprint density at radius 1 is 1.08 bits per heavy atom. The van der Waals surface area contributed by atoms with Crippen molar-refractivity contribution in [2.75, 3.05) is 31.1 Å². The molecule has 3 aromatic rings. The molecule has 0 N–H and O–H groups in total. The van der Waals surface area contributed by atoms with Gasteiger partial charge < -0.3 is 14.2 Å². The molecule has 5 rings (SSSR count). The number of carbonyl (C=O) groups is 1. The topological polar surface area (TPSA) is 62.5 Å². The van der Waals surface area contributed by atoms with E-state index in [-0.39, 0.29) is 5.91 Å². The number of para-hydroxylation sites is 2. The highest BCUT2D eigenvalue weighted by Gasteiger charge is 2.28. The number of nitrogens with zero attached hydrogens (tertiary/aromatic N) is 4. The normalized spacial score (nSPS) is 17.7. The van der Waals surface area contributed by atoms with Gasteiger partial charge in [-0.2, -0.15) is 4.98 Å². The summed E-state index contributed by atoms with van der Waals surface area (Å²) in [6.45, 7) is 2.77. The smallest absolute Gasteiger partial charge is 0.298 e. The van der Waals surface area contributed by atoms with Gasteiger partial charge in [0.2, 0.25) is 0 Å². The van der Waals surface area contributed by atoms with Crippen LogP contribution in [0.1, 0.15) is 34.8 Å². The minimum Gasteiger partial charge on any atom is -0.423 e. The van der Waals surface area contributed by atoms with Gasteiger partial charge in [-0.05, 0) is 37.1 Å². The molecule has 0 radical (unpaired) electrons. The van der Waals surface area contributed by atoms with E-state index < -0.39 is 0 Å². The molecule has 1 saturated heterocycles. The lowest BCUT2D eigenvalue weighted by atomic mass is 10.1. The summed E-state index contributed by atoms with van der Waals surface area (Å²) in [7, 11) is 0. The molecule has 0 unspecified atom stereocenters. The molecule has 1 saturated carbocycles. The lowest BCUT2D eigenvalue weighted by Crippen LogP contribution is -2.49. The Kier molecular flexibility index (Phi) is 3.62. The molecule has 6 heteroatoms. The standard InChI is InChI=1S/C20H20N4O2/c25-19(15-7-8-21-17(13-15)14-5-6-14)23-9-11-24(12-10-23)20-22-16-3-1-2-4-18(16)26-20/h1-4,7-8,13-14H,5-6,9-12H2. The minimum absolute atomic E-state index is 0.0894. The third-order valence-corrected chi connectivity index (χ3v) is 5.14.